The van der Waals surface area contributed by atoms with E-state index in [1.807, 2.05) is 29.6 Å². The fourth-order valence-electron chi connectivity index (χ4n) is 3.25. The van der Waals surface area contributed by atoms with Gasteiger partial charge in [0.15, 0.2) is 11.6 Å². The van der Waals surface area contributed by atoms with Crippen LogP contribution in [0.15, 0.2) is 52.7 Å². The molecule has 1 aromatic heterocycles. The monoisotopic (exact) mass is 469 g/mol. The Kier molecular flexibility index (Phi) is 6.17. The summed E-state index contributed by atoms with van der Waals surface area (Å²) < 4.78 is 53.3. The van der Waals surface area contributed by atoms with E-state index in [-0.39, 0.29) is 18.0 Å². The highest BCUT2D eigenvalue weighted by Crippen LogP contribution is 2.26. The Balaban J connectivity index is 1.38. The molecule has 0 amide bonds. The molecule has 2 aromatic carbocycles. The number of piperazine rings is 1. The Hall–Kier alpha value is -1.91. The van der Waals surface area contributed by atoms with E-state index in [1.165, 1.54) is 4.31 Å². The van der Waals surface area contributed by atoms with Gasteiger partial charge in [0.25, 0.3) is 0 Å². The zero-order chi connectivity index (χ0) is 21.3. The minimum absolute atomic E-state index is 0.234. The molecule has 4 rings (SSSR count). The average molecular weight is 470 g/mol. The Morgan fingerprint density at radius 1 is 1.00 bits per heavy atom. The van der Waals surface area contributed by atoms with Crippen LogP contribution in [0.2, 0.25) is 5.02 Å². The summed E-state index contributed by atoms with van der Waals surface area (Å²) in [6, 6.07) is 10.1. The first kappa shape index (κ1) is 21.3. The van der Waals surface area contributed by atoms with E-state index in [2.05, 4.69) is 9.88 Å². The molecule has 3 aromatic rings. The summed E-state index contributed by atoms with van der Waals surface area (Å²) in [6.45, 7) is 2.21. The first-order valence-corrected chi connectivity index (χ1v) is 11.9. The predicted molar refractivity (Wildman–Crippen MR) is 113 cm³/mol. The topological polar surface area (TPSA) is 53.5 Å². The molecule has 10 heteroatoms. The van der Waals surface area contributed by atoms with Crippen molar-refractivity contribution in [3.8, 4) is 10.6 Å². The highest BCUT2D eigenvalue weighted by atomic mass is 35.5. The van der Waals surface area contributed by atoms with E-state index in [0.717, 1.165) is 34.5 Å². The normalized spacial score (nSPS) is 16.1. The Morgan fingerprint density at radius 3 is 2.37 bits per heavy atom. The van der Waals surface area contributed by atoms with E-state index in [9.17, 15) is 17.2 Å². The zero-order valence-corrected chi connectivity index (χ0v) is 18.2. The summed E-state index contributed by atoms with van der Waals surface area (Å²) in [5, 5.41) is 3.57. The van der Waals surface area contributed by atoms with Gasteiger partial charge in [0.2, 0.25) is 10.0 Å². The second kappa shape index (κ2) is 8.68. The molecule has 0 saturated carbocycles. The summed E-state index contributed by atoms with van der Waals surface area (Å²) in [5.41, 5.74) is 1.92. The molecule has 0 radical (unpaired) electrons. The van der Waals surface area contributed by atoms with Crippen LogP contribution in [0, 0.1) is 11.6 Å². The third-order valence-corrected chi connectivity index (χ3v) is 7.98. The van der Waals surface area contributed by atoms with Gasteiger partial charge in [-0.2, -0.15) is 4.31 Å². The lowest BCUT2D eigenvalue weighted by molar-refractivity contribution is 0.180. The number of hydrogen-bond donors (Lipinski definition) is 0. The lowest BCUT2D eigenvalue weighted by Gasteiger charge is -2.33. The summed E-state index contributed by atoms with van der Waals surface area (Å²) in [5.74, 6) is -2.24. The SMILES string of the molecule is O=S(=O)(c1ccc(F)c(F)c1)N1CCN(Cc2csc(-c3ccc(Cl)cc3)n2)CC1. The maximum atomic E-state index is 13.4. The maximum absolute atomic E-state index is 13.4. The Labute approximate surface area is 182 Å². The van der Waals surface area contributed by atoms with Gasteiger partial charge in [0.1, 0.15) is 5.01 Å². The molecule has 5 nitrogen and oxygen atoms in total. The van der Waals surface area contributed by atoms with E-state index in [0.29, 0.717) is 24.7 Å². The fourth-order valence-corrected chi connectivity index (χ4v) is 5.63. The molecule has 1 fully saturated rings. The minimum atomic E-state index is -3.86. The van der Waals surface area contributed by atoms with Crippen molar-refractivity contribution in [3.05, 3.63) is 70.2 Å². The smallest absolute Gasteiger partial charge is 0.243 e. The number of thiazole rings is 1. The highest BCUT2D eigenvalue weighted by Gasteiger charge is 2.29. The van der Waals surface area contributed by atoms with Crippen LogP contribution in [0.1, 0.15) is 5.69 Å². The number of rotatable bonds is 5. The van der Waals surface area contributed by atoms with E-state index in [1.54, 1.807) is 11.3 Å². The van der Waals surface area contributed by atoms with Crippen molar-refractivity contribution < 1.29 is 17.2 Å². The van der Waals surface area contributed by atoms with Crippen LogP contribution in [0.3, 0.4) is 0 Å². The first-order valence-electron chi connectivity index (χ1n) is 9.21. The summed E-state index contributed by atoms with van der Waals surface area (Å²) in [7, 11) is -3.86. The van der Waals surface area contributed by atoms with Crippen LogP contribution in [0.4, 0.5) is 8.78 Å². The first-order chi connectivity index (χ1) is 14.3. The van der Waals surface area contributed by atoms with Crippen molar-refractivity contribution in [2.24, 2.45) is 0 Å². The van der Waals surface area contributed by atoms with Gasteiger partial charge in [-0.25, -0.2) is 22.2 Å². The number of nitrogens with zero attached hydrogens (tertiary/aromatic N) is 3. The molecule has 0 unspecified atom stereocenters. The van der Waals surface area contributed by atoms with Crippen molar-refractivity contribution in [3.63, 3.8) is 0 Å². The van der Waals surface area contributed by atoms with Crippen LogP contribution in [-0.4, -0.2) is 48.8 Å². The minimum Gasteiger partial charge on any atom is -0.295 e. The van der Waals surface area contributed by atoms with E-state index in [4.69, 9.17) is 11.6 Å². The second-order valence-electron chi connectivity index (χ2n) is 6.91. The summed E-state index contributed by atoms with van der Waals surface area (Å²) >= 11 is 7.47. The average Bonchev–Trinajstić information content (AvgIpc) is 3.19. The number of hydrogen-bond acceptors (Lipinski definition) is 5. The molecule has 1 aliphatic rings. The van der Waals surface area contributed by atoms with E-state index < -0.39 is 21.7 Å². The van der Waals surface area contributed by atoms with Gasteiger partial charge in [0, 0.05) is 48.7 Å². The third-order valence-electron chi connectivity index (χ3n) is 4.89. The number of benzene rings is 2. The van der Waals surface area contributed by atoms with Gasteiger partial charge in [-0.1, -0.05) is 23.7 Å². The largest absolute Gasteiger partial charge is 0.295 e. The van der Waals surface area contributed by atoms with Gasteiger partial charge < -0.3 is 0 Å². The van der Waals surface area contributed by atoms with Gasteiger partial charge in [-0.3, -0.25) is 4.90 Å². The molecule has 2 heterocycles. The maximum Gasteiger partial charge on any atom is 0.243 e. The summed E-state index contributed by atoms with van der Waals surface area (Å²) in [4.78, 5) is 6.55. The third kappa shape index (κ3) is 4.55. The van der Waals surface area contributed by atoms with Crippen LogP contribution in [0.25, 0.3) is 10.6 Å². The van der Waals surface area contributed by atoms with Gasteiger partial charge >= 0.3 is 0 Å². The molecule has 0 aliphatic carbocycles. The standard InChI is InChI=1S/C20H18ClF2N3O2S2/c21-15-3-1-14(2-4-15)20-24-16(13-29-20)12-25-7-9-26(10-8-25)30(27,28)17-5-6-18(22)19(23)11-17/h1-6,11,13H,7-10,12H2. The molecule has 0 atom stereocenters. The van der Waals surface area contributed by atoms with Crippen LogP contribution in [0.5, 0.6) is 0 Å². The second-order valence-corrected chi connectivity index (χ2v) is 10.1. The van der Waals surface area contributed by atoms with Crippen LogP contribution < -0.4 is 0 Å². The van der Waals surface area contributed by atoms with Gasteiger partial charge in [0.05, 0.1) is 10.6 Å². The van der Waals surface area contributed by atoms with E-state index >= 15 is 0 Å². The van der Waals surface area contributed by atoms with Crippen molar-refractivity contribution in [1.82, 2.24) is 14.2 Å². The Morgan fingerprint density at radius 2 is 1.70 bits per heavy atom. The van der Waals surface area contributed by atoms with Gasteiger partial charge in [-0.05, 0) is 30.3 Å². The van der Waals surface area contributed by atoms with Crippen molar-refractivity contribution in [2.75, 3.05) is 26.2 Å². The molecule has 158 valence electrons. The molecule has 0 bridgehead atoms. The molecule has 1 aliphatic heterocycles. The highest BCUT2D eigenvalue weighted by molar-refractivity contribution is 7.89. The Bertz CT molecular complexity index is 1150. The quantitative estimate of drug-likeness (QED) is 0.560. The van der Waals surface area contributed by atoms with Crippen molar-refractivity contribution in [1.29, 1.82) is 0 Å². The number of halogens is 3. The lowest BCUT2D eigenvalue weighted by atomic mass is 10.2. The van der Waals surface area contributed by atoms with Crippen LogP contribution in [-0.2, 0) is 16.6 Å². The predicted octanol–water partition coefficient (Wildman–Crippen LogP) is 4.25. The van der Waals surface area contributed by atoms with Crippen molar-refractivity contribution >= 4 is 33.0 Å². The lowest BCUT2D eigenvalue weighted by Crippen LogP contribution is -2.48. The molecule has 0 spiro atoms. The van der Waals surface area contributed by atoms with Gasteiger partial charge in [-0.15, -0.1) is 11.3 Å². The fraction of sp³-hybridized carbons (Fsp3) is 0.250. The zero-order valence-electron chi connectivity index (χ0n) is 15.8. The molecule has 30 heavy (non-hydrogen) atoms. The molecular formula is C20H18ClF2N3O2S2. The number of aromatic nitrogens is 1. The molecule has 0 N–H and O–H groups in total. The molecular weight excluding hydrogens is 452 g/mol. The van der Waals surface area contributed by atoms with Crippen molar-refractivity contribution in [2.45, 2.75) is 11.4 Å². The van der Waals surface area contributed by atoms with Crippen LogP contribution >= 0.6 is 22.9 Å². The molecule has 1 saturated heterocycles. The summed E-state index contributed by atoms with van der Waals surface area (Å²) in [6.07, 6.45) is 0. The number of sulfonamides is 1.